The van der Waals surface area contributed by atoms with Gasteiger partial charge in [0.25, 0.3) is 0 Å². The van der Waals surface area contributed by atoms with Gasteiger partial charge in [0.1, 0.15) is 0 Å². The molecule has 2 nitrogen and oxygen atoms in total. The number of nitrogens with one attached hydrogen (secondary N) is 1. The van der Waals surface area contributed by atoms with Crippen LogP contribution in [0.25, 0.3) is 0 Å². The second kappa shape index (κ2) is 4.48. The molecule has 0 aromatic heterocycles. The first-order chi connectivity index (χ1) is 5.66. The number of rotatable bonds is 4. The Hall–Kier alpha value is 0. The van der Waals surface area contributed by atoms with Gasteiger partial charge in [0.05, 0.1) is 6.54 Å². The van der Waals surface area contributed by atoms with Crippen LogP contribution in [0.4, 0.5) is 13.2 Å². The van der Waals surface area contributed by atoms with Gasteiger partial charge in [0, 0.05) is 12.1 Å². The minimum Gasteiger partial charge on any atom is -0.296 e. The Balaban J connectivity index is 3.94. The van der Waals surface area contributed by atoms with Crippen molar-refractivity contribution in [3.8, 4) is 0 Å². The van der Waals surface area contributed by atoms with E-state index in [4.69, 9.17) is 11.8 Å². The van der Waals surface area contributed by atoms with Crippen molar-refractivity contribution in [2.24, 2.45) is 0 Å². The van der Waals surface area contributed by atoms with Gasteiger partial charge in [-0.05, 0) is 32.7 Å². The molecule has 0 heterocycles. The van der Waals surface area contributed by atoms with E-state index in [1.165, 1.54) is 11.9 Å². The molecule has 0 rings (SSSR count). The second-order valence-electron chi connectivity index (χ2n) is 3.77. The van der Waals surface area contributed by atoms with Gasteiger partial charge in [-0.2, -0.15) is 13.2 Å². The van der Waals surface area contributed by atoms with Crippen molar-refractivity contribution >= 4 is 11.8 Å². The third kappa shape index (κ3) is 7.10. The summed E-state index contributed by atoms with van der Waals surface area (Å²) >= 11 is 5.35. The molecule has 0 aromatic rings. The topological polar surface area (TPSA) is 15.3 Å². The van der Waals surface area contributed by atoms with Crippen LogP contribution in [0.5, 0.6) is 0 Å². The van der Waals surface area contributed by atoms with Crippen LogP contribution in [0.3, 0.4) is 0 Å². The highest BCUT2D eigenvalue weighted by molar-refractivity contribution is 6.13. The number of nitrogens with zero attached hydrogens (tertiary/aromatic N) is 1. The standard InChI is InChI=1S/C7H14ClF3N2/c1-6(2,12-8)4-13(3)5-7(9,10)11/h12H,4-5H2,1-3H3. The summed E-state index contributed by atoms with van der Waals surface area (Å²) < 4.78 is 35.7. The van der Waals surface area contributed by atoms with Crippen LogP contribution in [-0.2, 0) is 0 Å². The Bertz CT molecular complexity index is 158. The Morgan fingerprint density at radius 2 is 1.69 bits per heavy atom. The van der Waals surface area contributed by atoms with Crippen LogP contribution >= 0.6 is 11.8 Å². The molecule has 13 heavy (non-hydrogen) atoms. The zero-order valence-electron chi connectivity index (χ0n) is 7.87. The van der Waals surface area contributed by atoms with E-state index < -0.39 is 18.3 Å². The molecular formula is C7H14ClF3N2. The molecule has 0 fully saturated rings. The van der Waals surface area contributed by atoms with Gasteiger partial charge < -0.3 is 0 Å². The van der Waals surface area contributed by atoms with Gasteiger partial charge in [-0.15, -0.1) is 0 Å². The van der Waals surface area contributed by atoms with E-state index in [9.17, 15) is 13.2 Å². The number of hydrogen-bond acceptors (Lipinski definition) is 2. The van der Waals surface area contributed by atoms with E-state index in [1.54, 1.807) is 13.8 Å². The van der Waals surface area contributed by atoms with Crippen molar-refractivity contribution in [2.75, 3.05) is 20.1 Å². The van der Waals surface area contributed by atoms with E-state index >= 15 is 0 Å². The van der Waals surface area contributed by atoms with Crippen molar-refractivity contribution in [3.63, 3.8) is 0 Å². The van der Waals surface area contributed by atoms with Crippen molar-refractivity contribution < 1.29 is 13.2 Å². The molecule has 0 spiro atoms. The predicted octanol–water partition coefficient (Wildman–Crippen LogP) is 2.00. The summed E-state index contributed by atoms with van der Waals surface area (Å²) in [6, 6.07) is 0. The van der Waals surface area contributed by atoms with Gasteiger partial charge in [0.15, 0.2) is 0 Å². The zero-order chi connectivity index (χ0) is 10.7. The van der Waals surface area contributed by atoms with Crippen LogP contribution in [0, 0.1) is 0 Å². The number of halogens is 4. The zero-order valence-corrected chi connectivity index (χ0v) is 8.63. The predicted molar refractivity (Wildman–Crippen MR) is 46.6 cm³/mol. The number of alkyl halides is 3. The quantitative estimate of drug-likeness (QED) is 0.727. The van der Waals surface area contributed by atoms with Crippen molar-refractivity contribution in [2.45, 2.75) is 25.6 Å². The molecule has 0 aliphatic heterocycles. The summed E-state index contributed by atoms with van der Waals surface area (Å²) in [6.07, 6.45) is -4.16. The van der Waals surface area contributed by atoms with E-state index in [1.807, 2.05) is 0 Å². The van der Waals surface area contributed by atoms with Crippen molar-refractivity contribution in [1.29, 1.82) is 0 Å². The molecule has 1 N–H and O–H groups in total. The van der Waals surface area contributed by atoms with Crippen molar-refractivity contribution in [1.82, 2.24) is 9.74 Å². The lowest BCUT2D eigenvalue weighted by molar-refractivity contribution is -0.144. The van der Waals surface area contributed by atoms with Gasteiger partial charge in [-0.25, -0.2) is 4.84 Å². The fourth-order valence-electron chi connectivity index (χ4n) is 1.07. The normalized spacial score (nSPS) is 13.8. The third-order valence-corrected chi connectivity index (χ3v) is 1.88. The van der Waals surface area contributed by atoms with Crippen LogP contribution < -0.4 is 4.84 Å². The second-order valence-corrected chi connectivity index (χ2v) is 3.95. The van der Waals surface area contributed by atoms with Gasteiger partial charge in [-0.3, -0.25) is 4.90 Å². The maximum Gasteiger partial charge on any atom is 0.401 e. The lowest BCUT2D eigenvalue weighted by Crippen LogP contribution is -2.46. The molecule has 0 aliphatic carbocycles. The molecule has 0 saturated heterocycles. The Kier molecular flexibility index (Phi) is 4.48. The molecule has 0 atom stereocenters. The fraction of sp³-hybridized carbons (Fsp3) is 1.00. The maximum absolute atomic E-state index is 11.9. The lowest BCUT2D eigenvalue weighted by atomic mass is 10.1. The Labute approximate surface area is 81.2 Å². The summed E-state index contributed by atoms with van der Waals surface area (Å²) in [5.41, 5.74) is -0.526. The van der Waals surface area contributed by atoms with Crippen LogP contribution in [-0.4, -0.2) is 36.8 Å². The molecule has 0 saturated carbocycles. The minimum absolute atomic E-state index is 0.232. The smallest absolute Gasteiger partial charge is 0.296 e. The molecule has 0 radical (unpaired) electrons. The molecule has 6 heteroatoms. The number of likely N-dealkylation sites (N-methyl/N-ethyl adjacent to an activating group) is 1. The van der Waals surface area contributed by atoms with E-state index in [0.29, 0.717) is 0 Å². The lowest BCUT2D eigenvalue weighted by Gasteiger charge is -2.29. The van der Waals surface area contributed by atoms with E-state index in [0.717, 1.165) is 0 Å². The molecule has 0 aromatic carbocycles. The van der Waals surface area contributed by atoms with Crippen LogP contribution in [0.2, 0.25) is 0 Å². The minimum atomic E-state index is -4.16. The first-order valence-corrected chi connectivity index (χ1v) is 4.17. The first-order valence-electron chi connectivity index (χ1n) is 3.79. The van der Waals surface area contributed by atoms with Gasteiger partial charge in [-0.1, -0.05) is 0 Å². The summed E-state index contributed by atoms with van der Waals surface area (Å²) in [5, 5.41) is 0. The summed E-state index contributed by atoms with van der Waals surface area (Å²) in [4.78, 5) is 3.60. The monoisotopic (exact) mass is 218 g/mol. The van der Waals surface area contributed by atoms with Crippen LogP contribution in [0.15, 0.2) is 0 Å². The van der Waals surface area contributed by atoms with Crippen LogP contribution in [0.1, 0.15) is 13.8 Å². The summed E-state index contributed by atoms with van der Waals surface area (Å²) in [6.45, 7) is 2.77. The van der Waals surface area contributed by atoms with E-state index in [-0.39, 0.29) is 6.54 Å². The average Bonchev–Trinajstić information content (AvgIpc) is 1.81. The Morgan fingerprint density at radius 3 is 2.00 bits per heavy atom. The molecule has 0 aliphatic rings. The van der Waals surface area contributed by atoms with Gasteiger partial charge >= 0.3 is 6.18 Å². The summed E-state index contributed by atoms with van der Waals surface area (Å²) in [5.74, 6) is 0. The van der Waals surface area contributed by atoms with E-state index in [2.05, 4.69) is 4.84 Å². The molecule has 0 amide bonds. The first kappa shape index (κ1) is 13.0. The third-order valence-electron chi connectivity index (χ3n) is 1.37. The largest absolute Gasteiger partial charge is 0.401 e. The SMILES string of the molecule is CN(CC(F)(F)F)CC(C)(C)NCl. The Morgan fingerprint density at radius 1 is 1.23 bits per heavy atom. The average molecular weight is 219 g/mol. The van der Waals surface area contributed by atoms with Crippen molar-refractivity contribution in [3.05, 3.63) is 0 Å². The fourth-order valence-corrected chi connectivity index (χ4v) is 1.13. The molecule has 80 valence electrons. The summed E-state index contributed by atoms with van der Waals surface area (Å²) in [7, 11) is 1.41. The number of hydrogen-bond donors (Lipinski definition) is 1. The highest BCUT2D eigenvalue weighted by Crippen LogP contribution is 2.17. The highest BCUT2D eigenvalue weighted by atomic mass is 35.5. The molecular weight excluding hydrogens is 205 g/mol. The van der Waals surface area contributed by atoms with Gasteiger partial charge in [0.2, 0.25) is 0 Å². The molecule has 0 bridgehead atoms. The highest BCUT2D eigenvalue weighted by Gasteiger charge is 2.31. The maximum atomic E-state index is 11.9. The molecule has 0 unspecified atom stereocenters.